The number of hydrogen-bond donors (Lipinski definition) is 0. The molecule has 2 rings (SSSR count). The molecule has 0 N–H and O–H groups in total. The molecule has 24 heavy (non-hydrogen) atoms. The van der Waals surface area contributed by atoms with Crippen LogP contribution in [0.5, 0.6) is 11.5 Å². The monoisotopic (exact) mass is 333 g/mol. The van der Waals surface area contributed by atoms with E-state index < -0.39 is 0 Å². The van der Waals surface area contributed by atoms with Crippen molar-refractivity contribution in [3.05, 3.63) is 29.8 Å². The third-order valence-corrected chi connectivity index (χ3v) is 3.96. The molecule has 0 atom stereocenters. The van der Waals surface area contributed by atoms with E-state index in [-0.39, 0.29) is 18.2 Å². The molecule has 5 nitrogen and oxygen atoms in total. The number of rotatable bonds is 8. The zero-order valence-corrected chi connectivity index (χ0v) is 15.0. The molecule has 0 bridgehead atoms. The third kappa shape index (κ3) is 5.27. The normalized spacial score (nSPS) is 13.7. The van der Waals surface area contributed by atoms with Gasteiger partial charge in [-0.15, -0.1) is 0 Å². The smallest absolute Gasteiger partial charge is 0.330 e. The van der Waals surface area contributed by atoms with Gasteiger partial charge in [-0.05, 0) is 36.9 Å². The van der Waals surface area contributed by atoms with Gasteiger partial charge in [-0.2, -0.15) is 0 Å². The molecular weight excluding hydrogens is 306 g/mol. The maximum atomic E-state index is 11.9. The van der Waals surface area contributed by atoms with Crippen LogP contribution in [0.4, 0.5) is 0 Å². The maximum Gasteiger partial charge on any atom is 0.330 e. The second kappa shape index (κ2) is 8.20. The fraction of sp³-hybridized carbons (Fsp3) is 0.526. The van der Waals surface area contributed by atoms with Crippen molar-refractivity contribution >= 4 is 12.0 Å². The first kappa shape index (κ1) is 18.3. The van der Waals surface area contributed by atoms with Crippen molar-refractivity contribution in [3.8, 4) is 11.5 Å². The Balaban J connectivity index is 1.84. The number of carbonyl (C=O) groups is 1. The fourth-order valence-electron chi connectivity index (χ4n) is 2.59. The van der Waals surface area contributed by atoms with Crippen LogP contribution in [0.2, 0.25) is 0 Å². The Bertz CT molecular complexity index is 591. The Morgan fingerprint density at radius 3 is 2.67 bits per heavy atom. The highest BCUT2D eigenvalue weighted by Crippen LogP contribution is 2.32. The predicted molar refractivity (Wildman–Crippen MR) is 94.1 cm³/mol. The summed E-state index contributed by atoms with van der Waals surface area (Å²) in [7, 11) is 0. The molecule has 0 saturated heterocycles. The lowest BCUT2D eigenvalue weighted by Crippen LogP contribution is -2.37. The van der Waals surface area contributed by atoms with Gasteiger partial charge in [-0.1, -0.05) is 33.8 Å². The molecule has 1 aliphatic rings. The Hall–Kier alpha value is -2.01. The molecule has 0 aromatic heterocycles. The van der Waals surface area contributed by atoms with E-state index in [0.717, 1.165) is 30.9 Å². The molecule has 0 radical (unpaired) electrons. The molecule has 1 heterocycles. The second-order valence-corrected chi connectivity index (χ2v) is 6.68. The quantitative estimate of drug-likeness (QED) is 0.539. The van der Waals surface area contributed by atoms with Gasteiger partial charge in [0.15, 0.2) is 11.5 Å². The molecule has 5 heteroatoms. The van der Waals surface area contributed by atoms with E-state index in [1.54, 1.807) is 6.08 Å². The summed E-state index contributed by atoms with van der Waals surface area (Å²) in [5, 5.41) is 0. The molecule has 1 aromatic rings. The summed E-state index contributed by atoms with van der Waals surface area (Å²) in [6.07, 6.45) is 3.17. The summed E-state index contributed by atoms with van der Waals surface area (Å²) >= 11 is 0. The number of hydrogen-bond acceptors (Lipinski definition) is 5. The van der Waals surface area contributed by atoms with Crippen LogP contribution in [-0.4, -0.2) is 43.9 Å². The number of fused-ring (bicyclic) bond motifs is 1. The van der Waals surface area contributed by atoms with Crippen LogP contribution in [0, 0.1) is 5.41 Å². The van der Waals surface area contributed by atoms with E-state index in [1.165, 1.54) is 6.08 Å². The first-order valence-corrected chi connectivity index (χ1v) is 8.40. The van der Waals surface area contributed by atoms with E-state index >= 15 is 0 Å². The van der Waals surface area contributed by atoms with Crippen molar-refractivity contribution in [1.29, 1.82) is 0 Å². The van der Waals surface area contributed by atoms with Crippen molar-refractivity contribution in [3.63, 3.8) is 0 Å². The summed E-state index contributed by atoms with van der Waals surface area (Å²) < 4.78 is 16.0. The lowest BCUT2D eigenvalue weighted by molar-refractivity contribution is -0.141. The summed E-state index contributed by atoms with van der Waals surface area (Å²) in [6, 6.07) is 5.55. The van der Waals surface area contributed by atoms with Crippen LogP contribution in [0.1, 0.15) is 33.3 Å². The van der Waals surface area contributed by atoms with Gasteiger partial charge in [-0.25, -0.2) is 4.79 Å². The number of carbonyl (C=O) groups excluding carboxylic acids is 1. The van der Waals surface area contributed by atoms with Gasteiger partial charge in [0.2, 0.25) is 6.79 Å². The van der Waals surface area contributed by atoms with E-state index in [0.29, 0.717) is 12.4 Å². The topological polar surface area (TPSA) is 48.0 Å². The standard InChI is InChI=1S/C19H27NO4/c1-5-20(6-2)12-19(3,4)13-22-18(21)10-8-15-7-9-16-17(11-15)24-14-23-16/h7-11H,5-6,12-14H2,1-4H3. The average Bonchev–Trinajstić information content (AvgIpc) is 3.03. The molecule has 0 aliphatic carbocycles. The Morgan fingerprint density at radius 2 is 1.96 bits per heavy atom. The number of benzene rings is 1. The highest BCUT2D eigenvalue weighted by Gasteiger charge is 2.22. The number of esters is 1. The van der Waals surface area contributed by atoms with E-state index in [9.17, 15) is 4.79 Å². The van der Waals surface area contributed by atoms with Crippen molar-refractivity contribution in [2.24, 2.45) is 5.41 Å². The highest BCUT2D eigenvalue weighted by atomic mass is 16.7. The minimum absolute atomic E-state index is 0.0751. The van der Waals surface area contributed by atoms with Crippen molar-refractivity contribution in [2.45, 2.75) is 27.7 Å². The van der Waals surface area contributed by atoms with Crippen LogP contribution in [-0.2, 0) is 9.53 Å². The zero-order chi connectivity index (χ0) is 17.6. The van der Waals surface area contributed by atoms with Gasteiger partial charge < -0.3 is 19.1 Å². The lowest BCUT2D eigenvalue weighted by Gasteiger charge is -2.30. The largest absolute Gasteiger partial charge is 0.462 e. The molecule has 0 unspecified atom stereocenters. The van der Waals surface area contributed by atoms with E-state index in [1.807, 2.05) is 18.2 Å². The van der Waals surface area contributed by atoms with Gasteiger partial charge >= 0.3 is 5.97 Å². The lowest BCUT2D eigenvalue weighted by atomic mass is 9.94. The van der Waals surface area contributed by atoms with Gasteiger partial charge in [0.25, 0.3) is 0 Å². The van der Waals surface area contributed by atoms with Crippen molar-refractivity contribution in [2.75, 3.05) is 33.0 Å². The second-order valence-electron chi connectivity index (χ2n) is 6.68. The Labute approximate surface area is 144 Å². The Kier molecular flexibility index (Phi) is 6.26. The van der Waals surface area contributed by atoms with Gasteiger partial charge in [-0.3, -0.25) is 0 Å². The summed E-state index contributed by atoms with van der Waals surface area (Å²) in [4.78, 5) is 14.3. The van der Waals surface area contributed by atoms with Crippen LogP contribution in [0.15, 0.2) is 24.3 Å². The van der Waals surface area contributed by atoms with E-state index in [2.05, 4.69) is 32.6 Å². The van der Waals surface area contributed by atoms with Crippen LogP contribution >= 0.6 is 0 Å². The highest BCUT2D eigenvalue weighted by molar-refractivity contribution is 5.87. The molecule has 0 amide bonds. The minimum Gasteiger partial charge on any atom is -0.462 e. The number of ether oxygens (including phenoxy) is 3. The fourth-order valence-corrected chi connectivity index (χ4v) is 2.59. The zero-order valence-electron chi connectivity index (χ0n) is 15.0. The molecule has 1 aliphatic heterocycles. The molecule has 0 fully saturated rings. The Morgan fingerprint density at radius 1 is 1.25 bits per heavy atom. The molecule has 1 aromatic carbocycles. The molecule has 0 saturated carbocycles. The van der Waals surface area contributed by atoms with Gasteiger partial charge in [0.1, 0.15) is 0 Å². The molecule has 132 valence electrons. The van der Waals surface area contributed by atoms with Crippen molar-refractivity contribution in [1.82, 2.24) is 4.90 Å². The van der Waals surface area contributed by atoms with E-state index in [4.69, 9.17) is 14.2 Å². The summed E-state index contributed by atoms with van der Waals surface area (Å²) in [5.41, 5.74) is 0.799. The first-order chi connectivity index (χ1) is 11.4. The van der Waals surface area contributed by atoms with Gasteiger partial charge in [0, 0.05) is 18.0 Å². The average molecular weight is 333 g/mol. The maximum absolute atomic E-state index is 11.9. The minimum atomic E-state index is -0.333. The van der Waals surface area contributed by atoms with Crippen LogP contribution in [0.25, 0.3) is 6.08 Å². The third-order valence-electron chi connectivity index (χ3n) is 3.96. The molecule has 0 spiro atoms. The van der Waals surface area contributed by atoms with Crippen molar-refractivity contribution < 1.29 is 19.0 Å². The van der Waals surface area contributed by atoms with Gasteiger partial charge in [0.05, 0.1) is 6.61 Å². The van der Waals surface area contributed by atoms with Crippen LogP contribution < -0.4 is 9.47 Å². The summed E-state index contributed by atoms with van der Waals surface area (Å²) in [6.45, 7) is 12.0. The molecular formula is C19H27NO4. The predicted octanol–water partition coefficient (Wildman–Crippen LogP) is 3.34. The SMILES string of the molecule is CCN(CC)CC(C)(C)COC(=O)C=Cc1ccc2c(c1)OCO2. The number of nitrogens with zero attached hydrogens (tertiary/aromatic N) is 1. The first-order valence-electron chi connectivity index (χ1n) is 8.40. The summed E-state index contributed by atoms with van der Waals surface area (Å²) in [5.74, 6) is 1.10. The van der Waals surface area contributed by atoms with Crippen LogP contribution in [0.3, 0.4) is 0 Å².